The highest BCUT2D eigenvalue weighted by Gasteiger charge is 2.04. The Labute approximate surface area is 117 Å². The van der Waals surface area contributed by atoms with Gasteiger partial charge in [-0.05, 0) is 49.1 Å². The molecular weight excluding hydrogens is 228 g/mol. The van der Waals surface area contributed by atoms with Gasteiger partial charge in [0.25, 0.3) is 0 Å². The number of hydrogen-bond acceptors (Lipinski definition) is 0. The summed E-state index contributed by atoms with van der Waals surface area (Å²) in [5, 5.41) is 0. The van der Waals surface area contributed by atoms with Crippen molar-refractivity contribution < 1.29 is 0 Å². The van der Waals surface area contributed by atoms with Gasteiger partial charge in [-0.2, -0.15) is 0 Å². The summed E-state index contributed by atoms with van der Waals surface area (Å²) in [7, 11) is 0. The van der Waals surface area contributed by atoms with Crippen LogP contribution in [0.4, 0.5) is 0 Å². The Bertz CT molecular complexity index is 444. The lowest BCUT2D eigenvalue weighted by Crippen LogP contribution is -1.94. The molecule has 1 atom stereocenters. The Balaban J connectivity index is 1.62. The van der Waals surface area contributed by atoms with Crippen LogP contribution in [0.5, 0.6) is 0 Å². The van der Waals surface area contributed by atoms with E-state index in [1.165, 1.54) is 36.8 Å². The van der Waals surface area contributed by atoms with Gasteiger partial charge < -0.3 is 0 Å². The molecule has 99 valence electrons. The standard InChI is InChI=1S/C19H23/c1-17(19-15-9-4-10-16-19)11-5-2-6-12-18-13-7-3-8-14-18/h3-5,7-10,13-17H,2,6,11-12H2,1H3. The molecule has 0 aliphatic rings. The summed E-state index contributed by atoms with van der Waals surface area (Å²) in [6.07, 6.45) is 7.29. The van der Waals surface area contributed by atoms with E-state index in [9.17, 15) is 0 Å². The largest absolute Gasteiger partial charge is 0.0622 e. The normalized spacial score (nSPS) is 12.3. The Kier molecular flexibility index (Phi) is 5.68. The van der Waals surface area contributed by atoms with Crippen LogP contribution in [0.25, 0.3) is 0 Å². The lowest BCUT2D eigenvalue weighted by molar-refractivity contribution is 0.690. The molecule has 0 fully saturated rings. The maximum absolute atomic E-state index is 2.45. The van der Waals surface area contributed by atoms with E-state index in [2.05, 4.69) is 74.0 Å². The van der Waals surface area contributed by atoms with Gasteiger partial charge in [0, 0.05) is 0 Å². The molecule has 0 heterocycles. The predicted octanol–water partition coefficient (Wildman–Crippen LogP) is 5.41. The molecule has 0 N–H and O–H groups in total. The first-order valence-corrected chi connectivity index (χ1v) is 7.27. The molecule has 19 heavy (non-hydrogen) atoms. The van der Waals surface area contributed by atoms with Crippen molar-refractivity contribution in [3.05, 3.63) is 78.2 Å². The lowest BCUT2D eigenvalue weighted by atomic mass is 9.94. The van der Waals surface area contributed by atoms with Gasteiger partial charge in [0.1, 0.15) is 0 Å². The second kappa shape index (κ2) is 7.78. The van der Waals surface area contributed by atoms with Crippen LogP contribution < -0.4 is 0 Å². The van der Waals surface area contributed by atoms with E-state index in [1.807, 2.05) is 0 Å². The monoisotopic (exact) mass is 251 g/mol. The van der Waals surface area contributed by atoms with E-state index in [0.29, 0.717) is 5.92 Å². The number of benzene rings is 2. The average molecular weight is 251 g/mol. The first-order chi connectivity index (χ1) is 9.36. The first kappa shape index (κ1) is 13.9. The molecule has 0 bridgehead atoms. The molecular formula is C19H23. The first-order valence-electron chi connectivity index (χ1n) is 7.27. The zero-order valence-corrected chi connectivity index (χ0v) is 11.8. The third-order valence-electron chi connectivity index (χ3n) is 3.61. The Morgan fingerprint density at radius 3 is 2.21 bits per heavy atom. The van der Waals surface area contributed by atoms with Crippen molar-refractivity contribution in [3.8, 4) is 0 Å². The van der Waals surface area contributed by atoms with E-state index in [0.717, 1.165) is 0 Å². The summed E-state index contributed by atoms with van der Waals surface area (Å²) in [5.41, 5.74) is 2.90. The summed E-state index contributed by atoms with van der Waals surface area (Å²) in [6.45, 7) is 2.31. The molecule has 2 rings (SSSR count). The summed E-state index contributed by atoms with van der Waals surface area (Å²) in [5.74, 6) is 0.637. The minimum Gasteiger partial charge on any atom is -0.0622 e. The van der Waals surface area contributed by atoms with Crippen LogP contribution in [-0.4, -0.2) is 0 Å². The van der Waals surface area contributed by atoms with Crippen LogP contribution in [0.1, 0.15) is 43.2 Å². The van der Waals surface area contributed by atoms with Gasteiger partial charge in [0.05, 0.1) is 0 Å². The lowest BCUT2D eigenvalue weighted by Gasteiger charge is -2.11. The molecule has 0 nitrogen and oxygen atoms in total. The molecule has 1 radical (unpaired) electrons. The minimum atomic E-state index is 0.637. The van der Waals surface area contributed by atoms with Gasteiger partial charge in [-0.1, -0.05) is 67.6 Å². The van der Waals surface area contributed by atoms with Crippen LogP contribution in [0, 0.1) is 6.42 Å². The van der Waals surface area contributed by atoms with E-state index < -0.39 is 0 Å². The molecule has 2 aromatic carbocycles. The van der Waals surface area contributed by atoms with Crippen LogP contribution in [0.15, 0.2) is 60.7 Å². The van der Waals surface area contributed by atoms with Crippen molar-refractivity contribution >= 4 is 0 Å². The van der Waals surface area contributed by atoms with E-state index in [4.69, 9.17) is 0 Å². The quantitative estimate of drug-likeness (QED) is 0.577. The smallest absolute Gasteiger partial charge is 0.0188 e. The third-order valence-corrected chi connectivity index (χ3v) is 3.61. The SMILES string of the molecule is CC(C[CH]CCCc1ccccc1)c1ccccc1. The molecule has 0 aliphatic heterocycles. The van der Waals surface area contributed by atoms with Crippen LogP contribution >= 0.6 is 0 Å². The second-order valence-corrected chi connectivity index (χ2v) is 5.21. The number of rotatable bonds is 7. The molecule has 0 saturated heterocycles. The van der Waals surface area contributed by atoms with Gasteiger partial charge in [0.15, 0.2) is 0 Å². The highest BCUT2D eigenvalue weighted by atomic mass is 14.1. The van der Waals surface area contributed by atoms with Crippen molar-refractivity contribution in [1.82, 2.24) is 0 Å². The topological polar surface area (TPSA) is 0 Å². The van der Waals surface area contributed by atoms with E-state index in [-0.39, 0.29) is 0 Å². The van der Waals surface area contributed by atoms with Gasteiger partial charge in [-0.15, -0.1) is 0 Å². The van der Waals surface area contributed by atoms with Gasteiger partial charge in [-0.3, -0.25) is 0 Å². The third kappa shape index (κ3) is 4.90. The van der Waals surface area contributed by atoms with Crippen LogP contribution in [0.3, 0.4) is 0 Å². The van der Waals surface area contributed by atoms with E-state index in [1.54, 1.807) is 0 Å². The fraction of sp³-hybridized carbons (Fsp3) is 0.316. The highest BCUT2D eigenvalue weighted by Crippen LogP contribution is 2.21. The van der Waals surface area contributed by atoms with Gasteiger partial charge >= 0.3 is 0 Å². The molecule has 0 aliphatic carbocycles. The van der Waals surface area contributed by atoms with E-state index >= 15 is 0 Å². The zero-order valence-electron chi connectivity index (χ0n) is 11.8. The van der Waals surface area contributed by atoms with Gasteiger partial charge in [0.2, 0.25) is 0 Å². The molecule has 0 spiro atoms. The number of unbranched alkanes of at least 4 members (excludes halogenated alkanes) is 2. The van der Waals surface area contributed by atoms with Crippen molar-refractivity contribution in [1.29, 1.82) is 0 Å². The average Bonchev–Trinajstić information content (AvgIpc) is 2.49. The van der Waals surface area contributed by atoms with Gasteiger partial charge in [-0.25, -0.2) is 0 Å². The van der Waals surface area contributed by atoms with Crippen LogP contribution in [-0.2, 0) is 6.42 Å². The second-order valence-electron chi connectivity index (χ2n) is 5.21. The molecule has 0 amide bonds. The summed E-state index contributed by atoms with van der Waals surface area (Å²) in [4.78, 5) is 0. The summed E-state index contributed by atoms with van der Waals surface area (Å²) >= 11 is 0. The van der Waals surface area contributed by atoms with Crippen molar-refractivity contribution in [2.45, 2.75) is 38.5 Å². The molecule has 0 saturated carbocycles. The predicted molar refractivity (Wildman–Crippen MR) is 83.2 cm³/mol. The Morgan fingerprint density at radius 2 is 1.53 bits per heavy atom. The molecule has 0 heteroatoms. The Morgan fingerprint density at radius 1 is 0.895 bits per heavy atom. The number of hydrogen-bond donors (Lipinski definition) is 0. The summed E-state index contributed by atoms with van der Waals surface area (Å²) in [6, 6.07) is 21.5. The molecule has 0 aromatic heterocycles. The number of aryl methyl sites for hydroxylation is 1. The minimum absolute atomic E-state index is 0.637. The molecule has 1 unspecified atom stereocenters. The zero-order chi connectivity index (χ0) is 13.3. The Hall–Kier alpha value is -1.56. The fourth-order valence-electron chi connectivity index (χ4n) is 2.38. The van der Waals surface area contributed by atoms with Crippen molar-refractivity contribution in [2.24, 2.45) is 0 Å². The summed E-state index contributed by atoms with van der Waals surface area (Å²) < 4.78 is 0. The maximum atomic E-state index is 2.45. The van der Waals surface area contributed by atoms with Crippen molar-refractivity contribution in [2.75, 3.05) is 0 Å². The fourth-order valence-corrected chi connectivity index (χ4v) is 2.38. The molecule has 2 aromatic rings. The maximum Gasteiger partial charge on any atom is -0.0188 e. The van der Waals surface area contributed by atoms with Crippen LogP contribution in [0.2, 0.25) is 0 Å². The highest BCUT2D eigenvalue weighted by molar-refractivity contribution is 5.19. The van der Waals surface area contributed by atoms with Crippen molar-refractivity contribution in [3.63, 3.8) is 0 Å².